The fraction of sp³-hybridized carbons (Fsp3) is 0.238. The van der Waals surface area contributed by atoms with Gasteiger partial charge in [-0.1, -0.05) is 36.7 Å². The fourth-order valence-electron chi connectivity index (χ4n) is 2.94. The molecule has 33 heavy (non-hydrogen) atoms. The number of carboxylic acids is 1. The summed E-state index contributed by atoms with van der Waals surface area (Å²) in [5, 5.41) is 9.59. The zero-order valence-electron chi connectivity index (χ0n) is 17.1. The van der Waals surface area contributed by atoms with E-state index < -0.39 is 41.6 Å². The molecule has 0 aliphatic carbocycles. The average Bonchev–Trinajstić information content (AvgIpc) is 2.74. The van der Waals surface area contributed by atoms with Crippen molar-refractivity contribution in [2.45, 2.75) is 26.2 Å². The van der Waals surface area contributed by atoms with Crippen molar-refractivity contribution in [2.24, 2.45) is 10.9 Å². The predicted molar refractivity (Wildman–Crippen MR) is 113 cm³/mol. The number of alkyl halides is 3. The van der Waals surface area contributed by atoms with Crippen LogP contribution in [0.25, 0.3) is 0 Å². The molecule has 3 aromatic rings. The van der Waals surface area contributed by atoms with Crippen LogP contribution in [-0.4, -0.2) is 25.2 Å². The van der Waals surface area contributed by atoms with E-state index in [-0.39, 0.29) is 17.9 Å². The van der Waals surface area contributed by atoms with Crippen molar-refractivity contribution >= 4 is 23.3 Å². The minimum absolute atomic E-state index is 0.105. The fourth-order valence-corrected chi connectivity index (χ4v) is 3.07. The first-order chi connectivity index (χ1) is 15.5. The Morgan fingerprint density at radius 3 is 2.42 bits per heavy atom. The Bertz CT molecular complexity index is 1360. The summed E-state index contributed by atoms with van der Waals surface area (Å²) >= 11 is 5.88. The molecule has 0 spiro atoms. The number of halogens is 4. The Kier molecular flexibility index (Phi) is 6.92. The van der Waals surface area contributed by atoms with Crippen LogP contribution >= 0.6 is 11.6 Å². The smallest absolute Gasteiger partial charge is 0.416 e. The first-order valence-electron chi connectivity index (χ1n) is 9.59. The molecule has 0 fully saturated rings. The van der Waals surface area contributed by atoms with E-state index in [1.807, 2.05) is 0 Å². The summed E-state index contributed by atoms with van der Waals surface area (Å²) in [6, 6.07) is 10.5. The van der Waals surface area contributed by atoms with E-state index in [2.05, 4.69) is 9.98 Å². The molecular formula is C21H18ClF3N4O4. The summed E-state index contributed by atoms with van der Waals surface area (Å²) in [7, 11) is 0. The van der Waals surface area contributed by atoms with Gasteiger partial charge in [0.1, 0.15) is 0 Å². The maximum Gasteiger partial charge on any atom is 0.416 e. The Hall–Kier alpha value is -3.60. The second-order valence-corrected chi connectivity index (χ2v) is 7.70. The Morgan fingerprint density at radius 1 is 1.15 bits per heavy atom. The molecule has 0 saturated carbocycles. The van der Waals surface area contributed by atoms with Crippen LogP contribution in [0.4, 0.5) is 18.9 Å². The normalized spacial score (nSPS) is 13.2. The van der Waals surface area contributed by atoms with Crippen LogP contribution < -0.4 is 17.0 Å². The number of carbonyl (C=O) groups is 1. The number of aliphatic carboxylic acids is 1. The van der Waals surface area contributed by atoms with Crippen LogP contribution in [0.5, 0.6) is 0 Å². The van der Waals surface area contributed by atoms with Crippen LogP contribution in [0.15, 0.2) is 63.1 Å². The van der Waals surface area contributed by atoms with Gasteiger partial charge in [-0.2, -0.15) is 13.2 Å². The monoisotopic (exact) mass is 482 g/mol. The van der Waals surface area contributed by atoms with Gasteiger partial charge in [0.15, 0.2) is 0 Å². The number of aromatic nitrogens is 3. The molecule has 1 atom stereocenters. The highest BCUT2D eigenvalue weighted by Crippen LogP contribution is 2.31. The van der Waals surface area contributed by atoms with E-state index in [1.165, 1.54) is 13.0 Å². The lowest BCUT2D eigenvalue weighted by Gasteiger charge is -2.13. The number of benzene rings is 2. The lowest BCUT2D eigenvalue weighted by Crippen LogP contribution is -2.51. The first kappa shape index (κ1) is 24.1. The third-order valence-corrected chi connectivity index (χ3v) is 4.97. The van der Waals surface area contributed by atoms with E-state index in [9.17, 15) is 27.6 Å². The van der Waals surface area contributed by atoms with Gasteiger partial charge in [-0.05, 0) is 35.9 Å². The van der Waals surface area contributed by atoms with Crippen molar-refractivity contribution in [1.82, 2.24) is 14.1 Å². The molecule has 0 aliphatic rings. The van der Waals surface area contributed by atoms with Crippen LogP contribution in [0.1, 0.15) is 18.1 Å². The van der Waals surface area contributed by atoms with Crippen molar-refractivity contribution in [3.05, 3.63) is 91.3 Å². The summed E-state index contributed by atoms with van der Waals surface area (Å²) in [6.07, 6.45) is -4.60. The Labute approximate surface area is 189 Å². The van der Waals surface area contributed by atoms with E-state index in [0.717, 1.165) is 22.8 Å². The number of nitrogens with one attached hydrogen (secondary N) is 1. The van der Waals surface area contributed by atoms with Gasteiger partial charge in [0.05, 0.1) is 23.7 Å². The number of H-pyrrole nitrogens is 1. The zero-order valence-corrected chi connectivity index (χ0v) is 17.9. The van der Waals surface area contributed by atoms with E-state index in [4.69, 9.17) is 16.7 Å². The molecule has 1 aromatic heterocycles. The summed E-state index contributed by atoms with van der Waals surface area (Å²) < 4.78 is 40.9. The van der Waals surface area contributed by atoms with Crippen molar-refractivity contribution in [2.75, 3.05) is 0 Å². The van der Waals surface area contributed by atoms with Crippen LogP contribution in [0.3, 0.4) is 0 Å². The van der Waals surface area contributed by atoms with Gasteiger partial charge in [0, 0.05) is 11.6 Å². The molecule has 174 valence electrons. The topological polar surface area (TPSA) is 109 Å². The van der Waals surface area contributed by atoms with Gasteiger partial charge in [0.25, 0.3) is 0 Å². The Balaban J connectivity index is 2.21. The second kappa shape index (κ2) is 9.49. The third kappa shape index (κ3) is 5.80. The Morgan fingerprint density at radius 2 is 1.82 bits per heavy atom. The van der Waals surface area contributed by atoms with Gasteiger partial charge >= 0.3 is 23.5 Å². The molecule has 0 radical (unpaired) electrons. The predicted octanol–water partition coefficient (Wildman–Crippen LogP) is 3.01. The molecule has 3 rings (SSSR count). The molecule has 1 heterocycles. The molecule has 2 N–H and O–H groups in total. The molecule has 2 aromatic carbocycles. The molecule has 0 bridgehead atoms. The molecular weight excluding hydrogens is 465 g/mol. The summed E-state index contributed by atoms with van der Waals surface area (Å²) in [5.74, 6) is -2.25. The van der Waals surface area contributed by atoms with E-state index in [0.29, 0.717) is 15.2 Å². The maximum absolute atomic E-state index is 13.1. The number of aromatic amines is 1. The molecule has 0 saturated heterocycles. The van der Waals surface area contributed by atoms with Crippen molar-refractivity contribution < 1.29 is 23.1 Å². The minimum Gasteiger partial charge on any atom is -0.481 e. The van der Waals surface area contributed by atoms with Crippen LogP contribution in [-0.2, 0) is 24.1 Å². The van der Waals surface area contributed by atoms with E-state index >= 15 is 0 Å². The highest BCUT2D eigenvalue weighted by atomic mass is 35.5. The van der Waals surface area contributed by atoms with Gasteiger partial charge in [0.2, 0.25) is 5.62 Å². The molecule has 0 unspecified atom stereocenters. The third-order valence-electron chi connectivity index (χ3n) is 4.72. The zero-order chi connectivity index (χ0) is 24.3. The lowest BCUT2D eigenvalue weighted by atomic mass is 10.2. The lowest BCUT2D eigenvalue weighted by molar-refractivity contribution is -0.141. The second-order valence-electron chi connectivity index (χ2n) is 7.26. The number of hydrogen-bond donors (Lipinski definition) is 2. The number of carboxylic acid groups (broad SMARTS) is 1. The van der Waals surface area contributed by atoms with Gasteiger partial charge in [-0.3, -0.25) is 14.3 Å². The van der Waals surface area contributed by atoms with Crippen LogP contribution in [0, 0.1) is 5.92 Å². The largest absolute Gasteiger partial charge is 0.481 e. The summed E-state index contributed by atoms with van der Waals surface area (Å²) in [4.78, 5) is 43.3. The quantitative estimate of drug-likeness (QED) is 0.563. The standard InChI is InChI=1S/C21H18ClF3N4O4/c1-12(17(30)31)10-29-19(32)27-18(26-16-4-2-3-14(9-16)21(23,24)25)28(20(29)33)11-13-5-7-15(22)8-6-13/h2-9,12H,10-11H2,1H3,(H,30,31)(H,26,27,32)/t12-/m0/s1. The highest BCUT2D eigenvalue weighted by molar-refractivity contribution is 6.30. The SMILES string of the molecule is C[C@@H](Cn1c(=O)[nH]/c(=N\c2cccc(C(F)(F)F)c2)n(Cc2ccc(Cl)cc2)c1=O)C(=O)O. The van der Waals surface area contributed by atoms with Gasteiger partial charge in [-0.25, -0.2) is 19.1 Å². The van der Waals surface area contributed by atoms with Crippen LogP contribution in [0.2, 0.25) is 5.02 Å². The van der Waals surface area contributed by atoms with Gasteiger partial charge < -0.3 is 5.11 Å². The van der Waals surface area contributed by atoms with E-state index in [1.54, 1.807) is 24.3 Å². The average molecular weight is 483 g/mol. The number of nitrogens with zero attached hydrogens (tertiary/aromatic N) is 3. The van der Waals surface area contributed by atoms with Gasteiger partial charge in [-0.15, -0.1) is 0 Å². The summed E-state index contributed by atoms with van der Waals surface area (Å²) in [5.41, 5.74) is -2.59. The molecule has 0 amide bonds. The van der Waals surface area contributed by atoms with Crippen molar-refractivity contribution in [3.8, 4) is 0 Å². The molecule has 8 nitrogen and oxygen atoms in total. The highest BCUT2D eigenvalue weighted by Gasteiger charge is 2.30. The first-order valence-corrected chi connectivity index (χ1v) is 9.96. The summed E-state index contributed by atoms with van der Waals surface area (Å²) in [6.45, 7) is 0.818. The number of hydrogen-bond acceptors (Lipinski definition) is 4. The number of rotatable bonds is 6. The minimum atomic E-state index is -4.60. The molecule has 0 aliphatic heterocycles. The van der Waals surface area contributed by atoms with Crippen molar-refractivity contribution in [3.63, 3.8) is 0 Å². The molecule has 12 heteroatoms. The maximum atomic E-state index is 13.1. The van der Waals surface area contributed by atoms with Crippen molar-refractivity contribution in [1.29, 1.82) is 0 Å².